The fourth-order valence-corrected chi connectivity index (χ4v) is 2.71. The molecular weight excluding hydrogens is 148 g/mol. The maximum atomic E-state index is 3.52. The first-order valence-corrected chi connectivity index (χ1v) is 5.31. The second-order valence-corrected chi connectivity index (χ2v) is 4.39. The molecule has 2 aliphatic heterocycles. The van der Waals surface area contributed by atoms with Crippen molar-refractivity contribution in [3.05, 3.63) is 0 Å². The summed E-state index contributed by atoms with van der Waals surface area (Å²) in [6.07, 6.45) is 2.79. The first-order valence-electron chi connectivity index (χ1n) is 5.31. The molecule has 2 heterocycles. The van der Waals surface area contributed by atoms with Gasteiger partial charge in [-0.2, -0.15) is 0 Å². The van der Waals surface area contributed by atoms with Crippen LogP contribution >= 0.6 is 0 Å². The summed E-state index contributed by atoms with van der Waals surface area (Å²) < 4.78 is 0. The van der Waals surface area contributed by atoms with E-state index in [9.17, 15) is 0 Å². The normalized spacial score (nSPS) is 36.8. The molecule has 0 aromatic carbocycles. The average molecular weight is 168 g/mol. The van der Waals surface area contributed by atoms with Crippen LogP contribution in [0.2, 0.25) is 0 Å². The van der Waals surface area contributed by atoms with E-state index in [1.54, 1.807) is 0 Å². The Morgan fingerprint density at radius 3 is 2.50 bits per heavy atom. The highest BCUT2D eigenvalue weighted by molar-refractivity contribution is 4.85. The highest BCUT2D eigenvalue weighted by atomic mass is 15.1. The third-order valence-electron chi connectivity index (χ3n) is 3.11. The number of nitrogens with one attached hydrogen (secondary N) is 1. The number of fused-ring (bicyclic) bond motifs is 2. The van der Waals surface area contributed by atoms with Gasteiger partial charge in [-0.05, 0) is 44.3 Å². The van der Waals surface area contributed by atoms with Gasteiger partial charge < -0.3 is 10.2 Å². The van der Waals surface area contributed by atoms with E-state index in [2.05, 4.69) is 17.1 Å². The molecule has 0 spiro atoms. The van der Waals surface area contributed by atoms with Gasteiger partial charge in [0, 0.05) is 13.1 Å². The highest BCUT2D eigenvalue weighted by Gasteiger charge is 2.29. The van der Waals surface area contributed by atoms with Crippen LogP contribution in [0.15, 0.2) is 0 Å². The van der Waals surface area contributed by atoms with Crippen molar-refractivity contribution < 1.29 is 0 Å². The Hall–Kier alpha value is -0.0800. The summed E-state index contributed by atoms with van der Waals surface area (Å²) in [4.78, 5) is 2.65. The topological polar surface area (TPSA) is 15.3 Å². The van der Waals surface area contributed by atoms with Crippen LogP contribution < -0.4 is 5.32 Å². The van der Waals surface area contributed by atoms with E-state index in [1.807, 2.05) is 0 Å². The molecule has 0 radical (unpaired) electrons. The lowest BCUT2D eigenvalue weighted by Crippen LogP contribution is -2.51. The molecule has 12 heavy (non-hydrogen) atoms. The third kappa shape index (κ3) is 1.80. The third-order valence-corrected chi connectivity index (χ3v) is 3.11. The van der Waals surface area contributed by atoms with Crippen molar-refractivity contribution in [3.8, 4) is 0 Å². The van der Waals surface area contributed by atoms with Crippen LogP contribution in [-0.4, -0.2) is 37.6 Å². The van der Waals surface area contributed by atoms with E-state index in [1.165, 1.54) is 45.6 Å². The fraction of sp³-hybridized carbons (Fsp3) is 1.00. The lowest BCUT2D eigenvalue weighted by Gasteiger charge is -2.41. The molecule has 2 bridgehead atoms. The molecule has 2 heteroatoms. The molecular formula is C10H20N2. The minimum Gasteiger partial charge on any atom is -0.316 e. The van der Waals surface area contributed by atoms with Crippen molar-refractivity contribution in [2.24, 2.45) is 11.8 Å². The Morgan fingerprint density at radius 1 is 1.25 bits per heavy atom. The van der Waals surface area contributed by atoms with Crippen molar-refractivity contribution in [3.63, 3.8) is 0 Å². The van der Waals surface area contributed by atoms with Gasteiger partial charge in [-0.25, -0.2) is 0 Å². The number of piperidine rings is 2. The molecule has 1 N–H and O–H groups in total. The average Bonchev–Trinajstić information content (AvgIpc) is 2.04. The maximum absolute atomic E-state index is 3.52. The number of likely N-dealkylation sites (tertiary alicyclic amines) is 1. The Balaban J connectivity index is 1.87. The zero-order chi connectivity index (χ0) is 8.39. The summed E-state index contributed by atoms with van der Waals surface area (Å²) in [5.74, 6) is 1.90. The lowest BCUT2D eigenvalue weighted by atomic mass is 9.86. The molecule has 2 atom stereocenters. The van der Waals surface area contributed by atoms with Crippen LogP contribution in [0.1, 0.15) is 19.8 Å². The Bertz CT molecular complexity index is 135. The Morgan fingerprint density at radius 2 is 1.92 bits per heavy atom. The molecule has 2 nitrogen and oxygen atoms in total. The van der Waals surface area contributed by atoms with Crippen LogP contribution in [0.5, 0.6) is 0 Å². The summed E-state index contributed by atoms with van der Waals surface area (Å²) in [7, 11) is 0. The van der Waals surface area contributed by atoms with E-state index in [0.717, 1.165) is 11.8 Å². The van der Waals surface area contributed by atoms with Crippen LogP contribution in [0.4, 0.5) is 0 Å². The van der Waals surface area contributed by atoms with Gasteiger partial charge in [0.05, 0.1) is 0 Å². The van der Waals surface area contributed by atoms with E-state index >= 15 is 0 Å². The zero-order valence-electron chi connectivity index (χ0n) is 8.05. The van der Waals surface area contributed by atoms with Gasteiger partial charge in [0.2, 0.25) is 0 Å². The molecule has 2 fully saturated rings. The minimum atomic E-state index is 0.948. The van der Waals surface area contributed by atoms with E-state index in [-0.39, 0.29) is 0 Å². The lowest BCUT2D eigenvalue weighted by molar-refractivity contribution is 0.0976. The van der Waals surface area contributed by atoms with Gasteiger partial charge in [0.1, 0.15) is 0 Å². The summed E-state index contributed by atoms with van der Waals surface area (Å²) in [5.41, 5.74) is 0. The second kappa shape index (κ2) is 3.75. The SMILES string of the molecule is CCCN1C[C@@H]2CNC[C@@H](C2)C1. The molecule has 0 amide bonds. The van der Waals surface area contributed by atoms with Crippen LogP contribution in [0.25, 0.3) is 0 Å². The van der Waals surface area contributed by atoms with E-state index < -0.39 is 0 Å². The first-order chi connectivity index (χ1) is 5.88. The molecule has 0 aromatic rings. The van der Waals surface area contributed by atoms with Gasteiger partial charge in [0.15, 0.2) is 0 Å². The van der Waals surface area contributed by atoms with Crippen molar-refractivity contribution in [2.45, 2.75) is 19.8 Å². The quantitative estimate of drug-likeness (QED) is 0.660. The molecule has 0 aromatic heterocycles. The van der Waals surface area contributed by atoms with E-state index in [4.69, 9.17) is 0 Å². The minimum absolute atomic E-state index is 0.948. The predicted molar refractivity (Wildman–Crippen MR) is 51.2 cm³/mol. The van der Waals surface area contributed by atoms with Gasteiger partial charge in [0.25, 0.3) is 0 Å². The van der Waals surface area contributed by atoms with E-state index in [0.29, 0.717) is 0 Å². The molecule has 2 saturated heterocycles. The summed E-state index contributed by atoms with van der Waals surface area (Å²) in [5, 5.41) is 3.52. The Kier molecular flexibility index (Phi) is 2.66. The monoisotopic (exact) mass is 168 g/mol. The molecule has 0 saturated carbocycles. The molecule has 2 aliphatic rings. The van der Waals surface area contributed by atoms with Crippen LogP contribution in [0.3, 0.4) is 0 Å². The van der Waals surface area contributed by atoms with Gasteiger partial charge in [-0.15, -0.1) is 0 Å². The number of nitrogens with zero attached hydrogens (tertiary/aromatic N) is 1. The molecule has 0 aliphatic carbocycles. The summed E-state index contributed by atoms with van der Waals surface area (Å²) in [6.45, 7) is 8.80. The van der Waals surface area contributed by atoms with Crippen LogP contribution in [0, 0.1) is 11.8 Å². The van der Waals surface area contributed by atoms with Crippen molar-refractivity contribution in [2.75, 3.05) is 32.7 Å². The summed E-state index contributed by atoms with van der Waals surface area (Å²) in [6, 6.07) is 0. The highest BCUT2D eigenvalue weighted by Crippen LogP contribution is 2.24. The van der Waals surface area contributed by atoms with Crippen LogP contribution in [-0.2, 0) is 0 Å². The van der Waals surface area contributed by atoms with Crippen molar-refractivity contribution in [1.29, 1.82) is 0 Å². The maximum Gasteiger partial charge on any atom is 0.00220 e. The number of rotatable bonds is 2. The fourth-order valence-electron chi connectivity index (χ4n) is 2.71. The molecule has 2 rings (SSSR count). The standard InChI is InChI=1S/C10H20N2/c1-2-3-12-7-9-4-10(8-12)6-11-5-9/h9-11H,2-8H2,1H3/t9-,10+. The smallest absolute Gasteiger partial charge is 0.00220 e. The van der Waals surface area contributed by atoms with Crippen molar-refractivity contribution >= 4 is 0 Å². The molecule has 70 valence electrons. The number of hydrogen-bond donors (Lipinski definition) is 1. The van der Waals surface area contributed by atoms with Gasteiger partial charge >= 0.3 is 0 Å². The van der Waals surface area contributed by atoms with Gasteiger partial charge in [-0.1, -0.05) is 6.92 Å². The van der Waals surface area contributed by atoms with Gasteiger partial charge in [-0.3, -0.25) is 0 Å². The van der Waals surface area contributed by atoms with Crippen molar-refractivity contribution in [1.82, 2.24) is 10.2 Å². The second-order valence-electron chi connectivity index (χ2n) is 4.39. The predicted octanol–water partition coefficient (Wildman–Crippen LogP) is 0.938. The zero-order valence-corrected chi connectivity index (χ0v) is 8.05. The summed E-state index contributed by atoms with van der Waals surface area (Å²) >= 11 is 0. The Labute approximate surface area is 75.3 Å². The molecule has 0 unspecified atom stereocenters. The number of hydrogen-bond acceptors (Lipinski definition) is 2. The largest absolute Gasteiger partial charge is 0.316 e. The first kappa shape index (κ1) is 8.52.